The number of carbonyl (C=O) groups excluding carboxylic acids is 1. The summed E-state index contributed by atoms with van der Waals surface area (Å²) < 4.78 is 6.09. The molecule has 1 aliphatic rings. The zero-order chi connectivity index (χ0) is 20.4. The molecule has 29 heavy (non-hydrogen) atoms. The van der Waals surface area contributed by atoms with Crippen LogP contribution >= 0.6 is 15.9 Å². The monoisotopic (exact) mass is 455 g/mol. The van der Waals surface area contributed by atoms with Crippen molar-refractivity contribution in [2.45, 2.75) is 19.8 Å². The van der Waals surface area contributed by atoms with Crippen molar-refractivity contribution in [2.24, 2.45) is 0 Å². The van der Waals surface area contributed by atoms with E-state index in [-0.39, 0.29) is 11.8 Å². The summed E-state index contributed by atoms with van der Waals surface area (Å²) in [5.74, 6) is 2.30. The van der Waals surface area contributed by atoms with Gasteiger partial charge < -0.3 is 14.3 Å². The Labute approximate surface area is 177 Å². The Hall–Kier alpha value is -2.74. The first-order valence-electron chi connectivity index (χ1n) is 9.61. The second-order valence-electron chi connectivity index (χ2n) is 7.28. The summed E-state index contributed by atoms with van der Waals surface area (Å²) in [5.41, 5.74) is 1.52. The van der Waals surface area contributed by atoms with E-state index >= 15 is 0 Å². The molecule has 2 aromatic heterocycles. The lowest BCUT2D eigenvalue weighted by Crippen LogP contribution is -2.49. The number of piperazine rings is 1. The number of pyridine rings is 1. The fourth-order valence-electron chi connectivity index (χ4n) is 3.24. The first-order valence-corrected chi connectivity index (χ1v) is 10.4. The van der Waals surface area contributed by atoms with E-state index in [1.165, 1.54) is 0 Å². The standard InChI is InChI=1S/C21H22BrN5O2/c1-14(2)20-24-19(25-29-20)15-7-8-18(23-13-15)26-9-11-27(12-10-26)21(28)16-5-3-4-6-17(16)22/h3-8,13-14H,9-12H2,1-2H3. The van der Waals surface area contributed by atoms with Crippen LogP contribution in [0.1, 0.15) is 36.0 Å². The van der Waals surface area contributed by atoms with Crippen molar-refractivity contribution in [3.63, 3.8) is 0 Å². The van der Waals surface area contributed by atoms with Crippen LogP contribution in [0.2, 0.25) is 0 Å². The third kappa shape index (κ3) is 4.17. The van der Waals surface area contributed by atoms with Gasteiger partial charge in [-0.15, -0.1) is 0 Å². The Morgan fingerprint density at radius 3 is 2.48 bits per heavy atom. The van der Waals surface area contributed by atoms with Gasteiger partial charge in [-0.25, -0.2) is 4.98 Å². The average Bonchev–Trinajstić information content (AvgIpc) is 3.25. The molecule has 0 atom stereocenters. The molecule has 1 fully saturated rings. The van der Waals surface area contributed by atoms with Crippen LogP contribution in [0.15, 0.2) is 51.6 Å². The quantitative estimate of drug-likeness (QED) is 0.591. The lowest BCUT2D eigenvalue weighted by Gasteiger charge is -2.35. The van der Waals surface area contributed by atoms with Crippen LogP contribution in [0.25, 0.3) is 11.4 Å². The van der Waals surface area contributed by atoms with Gasteiger partial charge in [0.15, 0.2) is 0 Å². The Morgan fingerprint density at radius 2 is 1.86 bits per heavy atom. The molecule has 0 unspecified atom stereocenters. The number of rotatable bonds is 4. The summed E-state index contributed by atoms with van der Waals surface area (Å²) in [7, 11) is 0. The van der Waals surface area contributed by atoms with Gasteiger partial charge in [-0.3, -0.25) is 4.79 Å². The lowest BCUT2D eigenvalue weighted by atomic mass is 10.2. The topological polar surface area (TPSA) is 75.4 Å². The molecule has 1 aliphatic heterocycles. The molecule has 3 heterocycles. The highest BCUT2D eigenvalue weighted by Gasteiger charge is 2.24. The van der Waals surface area contributed by atoms with Gasteiger partial charge in [0, 0.05) is 48.3 Å². The van der Waals surface area contributed by atoms with Crippen molar-refractivity contribution in [3.05, 3.63) is 58.5 Å². The third-order valence-electron chi connectivity index (χ3n) is 4.94. The van der Waals surface area contributed by atoms with Gasteiger partial charge in [0.05, 0.1) is 5.56 Å². The van der Waals surface area contributed by atoms with Crippen LogP contribution in [0.4, 0.5) is 5.82 Å². The zero-order valence-corrected chi connectivity index (χ0v) is 18.0. The number of anilines is 1. The van der Waals surface area contributed by atoms with Gasteiger partial charge in [0.2, 0.25) is 11.7 Å². The maximum absolute atomic E-state index is 12.8. The zero-order valence-electron chi connectivity index (χ0n) is 16.4. The SMILES string of the molecule is CC(C)c1nc(-c2ccc(N3CCN(C(=O)c4ccccc4Br)CC3)nc2)no1. The van der Waals surface area contributed by atoms with Crippen LogP contribution < -0.4 is 4.90 Å². The van der Waals surface area contributed by atoms with Crippen molar-refractivity contribution >= 4 is 27.7 Å². The molecule has 0 saturated carbocycles. The normalized spacial score (nSPS) is 14.5. The molecule has 3 aromatic rings. The van der Waals surface area contributed by atoms with Gasteiger partial charge in [0.1, 0.15) is 5.82 Å². The molecule has 1 aromatic carbocycles. The summed E-state index contributed by atoms with van der Waals surface area (Å²) in [5, 5.41) is 4.03. The summed E-state index contributed by atoms with van der Waals surface area (Å²) in [6.07, 6.45) is 1.77. The molecule has 7 nitrogen and oxygen atoms in total. The van der Waals surface area contributed by atoms with Crippen LogP contribution in [-0.4, -0.2) is 52.1 Å². The van der Waals surface area contributed by atoms with E-state index in [2.05, 4.69) is 36.0 Å². The maximum atomic E-state index is 12.8. The van der Waals surface area contributed by atoms with E-state index in [1.54, 1.807) is 6.20 Å². The minimum absolute atomic E-state index is 0.0542. The van der Waals surface area contributed by atoms with Crippen molar-refractivity contribution in [1.82, 2.24) is 20.0 Å². The van der Waals surface area contributed by atoms with Crippen molar-refractivity contribution < 1.29 is 9.32 Å². The molecule has 0 radical (unpaired) electrons. The molecule has 1 saturated heterocycles. The fraction of sp³-hybridized carbons (Fsp3) is 0.333. The van der Waals surface area contributed by atoms with Gasteiger partial charge in [-0.2, -0.15) is 4.98 Å². The Balaban J connectivity index is 1.39. The number of aromatic nitrogens is 3. The second-order valence-corrected chi connectivity index (χ2v) is 8.13. The molecule has 150 valence electrons. The van der Waals surface area contributed by atoms with E-state index in [1.807, 2.05) is 55.1 Å². The van der Waals surface area contributed by atoms with Gasteiger partial charge in [-0.1, -0.05) is 31.1 Å². The minimum Gasteiger partial charge on any atom is -0.353 e. The number of hydrogen-bond acceptors (Lipinski definition) is 6. The average molecular weight is 456 g/mol. The van der Waals surface area contributed by atoms with Crippen molar-refractivity contribution in [2.75, 3.05) is 31.1 Å². The van der Waals surface area contributed by atoms with Crippen LogP contribution in [0.3, 0.4) is 0 Å². The smallest absolute Gasteiger partial charge is 0.255 e. The number of halogens is 1. The maximum Gasteiger partial charge on any atom is 0.255 e. The van der Waals surface area contributed by atoms with E-state index in [9.17, 15) is 4.79 Å². The highest BCUT2D eigenvalue weighted by atomic mass is 79.9. The molecule has 4 rings (SSSR count). The molecule has 0 N–H and O–H groups in total. The van der Waals surface area contributed by atoms with E-state index in [0.29, 0.717) is 30.4 Å². The number of benzene rings is 1. The third-order valence-corrected chi connectivity index (χ3v) is 5.63. The highest BCUT2D eigenvalue weighted by Crippen LogP contribution is 2.23. The molecule has 8 heteroatoms. The Bertz CT molecular complexity index is 994. The van der Waals surface area contributed by atoms with Crippen LogP contribution in [0.5, 0.6) is 0 Å². The van der Waals surface area contributed by atoms with E-state index in [4.69, 9.17) is 4.52 Å². The van der Waals surface area contributed by atoms with Crippen molar-refractivity contribution in [1.29, 1.82) is 0 Å². The van der Waals surface area contributed by atoms with E-state index < -0.39 is 0 Å². The van der Waals surface area contributed by atoms with Gasteiger partial charge in [-0.05, 0) is 40.2 Å². The lowest BCUT2D eigenvalue weighted by molar-refractivity contribution is 0.0745. The number of nitrogens with zero attached hydrogens (tertiary/aromatic N) is 5. The summed E-state index contributed by atoms with van der Waals surface area (Å²) >= 11 is 3.46. The predicted molar refractivity (Wildman–Crippen MR) is 114 cm³/mol. The minimum atomic E-state index is 0.0542. The second kappa shape index (κ2) is 8.32. The van der Waals surface area contributed by atoms with E-state index in [0.717, 1.165) is 28.9 Å². The van der Waals surface area contributed by atoms with Crippen molar-refractivity contribution in [3.8, 4) is 11.4 Å². The largest absolute Gasteiger partial charge is 0.353 e. The predicted octanol–water partition coefficient (Wildman–Crippen LogP) is 3.98. The highest BCUT2D eigenvalue weighted by molar-refractivity contribution is 9.10. The summed E-state index contributed by atoms with van der Waals surface area (Å²) in [6, 6.07) is 11.5. The number of hydrogen-bond donors (Lipinski definition) is 0. The first-order chi connectivity index (χ1) is 14.0. The molecule has 1 amide bonds. The van der Waals surface area contributed by atoms with Crippen LogP contribution in [-0.2, 0) is 0 Å². The summed E-state index contributed by atoms with van der Waals surface area (Å²) in [4.78, 5) is 25.8. The molecule has 0 aliphatic carbocycles. The van der Waals surface area contributed by atoms with Gasteiger partial charge in [0.25, 0.3) is 5.91 Å². The number of carbonyl (C=O) groups is 1. The number of amides is 1. The molecule has 0 spiro atoms. The Kier molecular flexibility index (Phi) is 5.62. The molecule has 0 bridgehead atoms. The van der Waals surface area contributed by atoms with Crippen LogP contribution in [0, 0.1) is 0 Å². The fourth-order valence-corrected chi connectivity index (χ4v) is 3.69. The first kappa shape index (κ1) is 19.6. The molecular formula is C21H22BrN5O2. The van der Waals surface area contributed by atoms with Gasteiger partial charge >= 0.3 is 0 Å². The Morgan fingerprint density at radius 1 is 1.10 bits per heavy atom. The molecular weight excluding hydrogens is 434 g/mol. The summed E-state index contributed by atoms with van der Waals surface area (Å²) in [6.45, 7) is 6.82.